The number of benzene rings is 2. The third kappa shape index (κ3) is 9.34. The summed E-state index contributed by atoms with van der Waals surface area (Å²) in [7, 11) is 0. The molecule has 2 aliphatic heterocycles. The van der Waals surface area contributed by atoms with E-state index in [1.54, 1.807) is 0 Å². The molecule has 234 valence electrons. The summed E-state index contributed by atoms with van der Waals surface area (Å²) in [5.74, 6) is -1.08. The van der Waals surface area contributed by atoms with E-state index < -0.39 is 24.0 Å². The van der Waals surface area contributed by atoms with E-state index in [0.717, 1.165) is 41.6 Å². The lowest BCUT2D eigenvalue weighted by Gasteiger charge is -2.38. The topological polar surface area (TPSA) is 124 Å². The molecule has 0 aromatic heterocycles. The summed E-state index contributed by atoms with van der Waals surface area (Å²) >= 11 is 0. The van der Waals surface area contributed by atoms with Crippen LogP contribution in [0.15, 0.2) is 48.5 Å². The van der Waals surface area contributed by atoms with Crippen molar-refractivity contribution in [3.63, 3.8) is 0 Å². The van der Waals surface area contributed by atoms with E-state index in [0.29, 0.717) is 13.0 Å². The molecule has 5 atom stereocenters. The average molecular weight is 597 g/mol. The lowest BCUT2D eigenvalue weighted by molar-refractivity contribution is -0.253. The van der Waals surface area contributed by atoms with E-state index in [2.05, 4.69) is 10.2 Å². The molecule has 10 heteroatoms. The van der Waals surface area contributed by atoms with Crippen LogP contribution in [0.4, 0.5) is 0 Å². The second-order valence-corrected chi connectivity index (χ2v) is 12.2. The molecule has 0 saturated carbocycles. The number of aliphatic hydroxyl groups is 1. The van der Waals surface area contributed by atoms with Crippen LogP contribution in [-0.2, 0) is 46.5 Å². The first-order valence-electron chi connectivity index (χ1n) is 14.9. The molecule has 2 aromatic carbocycles. The lowest BCUT2D eigenvalue weighted by atomic mass is 9.99. The average Bonchev–Trinajstić information content (AvgIpc) is 3.43. The summed E-state index contributed by atoms with van der Waals surface area (Å²) in [6, 6.07) is 15.0. The van der Waals surface area contributed by atoms with Gasteiger partial charge in [-0.25, -0.2) is 0 Å². The van der Waals surface area contributed by atoms with E-state index in [4.69, 9.17) is 18.9 Å². The molecule has 2 aliphatic rings. The van der Waals surface area contributed by atoms with Gasteiger partial charge < -0.3 is 29.4 Å². The second kappa shape index (κ2) is 14.4. The van der Waals surface area contributed by atoms with Crippen molar-refractivity contribution in [1.29, 1.82) is 0 Å². The number of ether oxygens (including phenoxy) is 4. The fourth-order valence-electron chi connectivity index (χ4n) is 5.40. The molecular weight excluding hydrogens is 552 g/mol. The molecule has 2 saturated heterocycles. The number of likely N-dealkylation sites (tertiary alicyclic amines) is 1. The summed E-state index contributed by atoms with van der Waals surface area (Å²) in [5, 5.41) is 12.3. The van der Waals surface area contributed by atoms with Crippen LogP contribution in [0, 0.1) is 0 Å². The van der Waals surface area contributed by atoms with E-state index >= 15 is 0 Å². The monoisotopic (exact) mass is 596 g/mol. The van der Waals surface area contributed by atoms with Gasteiger partial charge in [0.15, 0.2) is 12.4 Å². The molecule has 2 heterocycles. The fraction of sp³-hybridized carbons (Fsp3) is 0.545. The van der Waals surface area contributed by atoms with Gasteiger partial charge in [0.05, 0.1) is 18.8 Å². The van der Waals surface area contributed by atoms with E-state index in [1.807, 2.05) is 69.3 Å². The normalized spacial score (nSPS) is 23.4. The maximum absolute atomic E-state index is 13.0. The van der Waals surface area contributed by atoms with Crippen molar-refractivity contribution in [3.8, 4) is 0 Å². The van der Waals surface area contributed by atoms with Crippen LogP contribution in [0.3, 0.4) is 0 Å². The Morgan fingerprint density at radius 2 is 1.67 bits per heavy atom. The van der Waals surface area contributed by atoms with Gasteiger partial charge in [-0.1, -0.05) is 48.5 Å². The molecule has 4 rings (SSSR count). The zero-order valence-electron chi connectivity index (χ0n) is 25.7. The van der Waals surface area contributed by atoms with Crippen LogP contribution < -0.4 is 5.32 Å². The van der Waals surface area contributed by atoms with Crippen LogP contribution in [0.1, 0.15) is 88.5 Å². The SMILES string of the molecule is CC(=O)OC(C)C(=O)NCc1ccc(C2OC(CN3CCCC3C(=O)OC(C)(C)C)CC(c3ccc(CO)cc3)O2)cc1. The van der Waals surface area contributed by atoms with Crippen molar-refractivity contribution in [1.82, 2.24) is 10.2 Å². The summed E-state index contributed by atoms with van der Waals surface area (Å²) in [4.78, 5) is 38.5. The predicted octanol–water partition coefficient (Wildman–Crippen LogP) is 4.10. The number of hydrogen-bond donors (Lipinski definition) is 2. The van der Waals surface area contributed by atoms with Gasteiger partial charge in [-0.2, -0.15) is 0 Å². The smallest absolute Gasteiger partial charge is 0.323 e. The number of esters is 2. The molecule has 0 bridgehead atoms. The molecule has 43 heavy (non-hydrogen) atoms. The van der Waals surface area contributed by atoms with Crippen molar-refractivity contribution < 1.29 is 38.4 Å². The number of rotatable bonds is 10. The number of carbonyl (C=O) groups is 3. The fourth-order valence-corrected chi connectivity index (χ4v) is 5.40. The summed E-state index contributed by atoms with van der Waals surface area (Å²) in [6.45, 7) is 10.0. The van der Waals surface area contributed by atoms with E-state index in [-0.39, 0.29) is 43.3 Å². The van der Waals surface area contributed by atoms with E-state index in [9.17, 15) is 19.5 Å². The van der Waals surface area contributed by atoms with Gasteiger partial charge in [0.1, 0.15) is 11.6 Å². The van der Waals surface area contributed by atoms with Gasteiger partial charge >= 0.3 is 11.9 Å². The highest BCUT2D eigenvalue weighted by Gasteiger charge is 2.38. The lowest BCUT2D eigenvalue weighted by Crippen LogP contribution is -2.45. The number of nitrogens with one attached hydrogen (secondary N) is 1. The number of amides is 1. The first-order chi connectivity index (χ1) is 20.4. The van der Waals surface area contributed by atoms with Crippen molar-refractivity contribution in [2.75, 3.05) is 13.1 Å². The minimum atomic E-state index is -0.869. The van der Waals surface area contributed by atoms with Gasteiger partial charge in [-0.3, -0.25) is 19.3 Å². The molecule has 0 radical (unpaired) electrons. The Bertz CT molecular complexity index is 1240. The Kier molecular flexibility index (Phi) is 10.9. The van der Waals surface area contributed by atoms with Gasteiger partial charge in [-0.15, -0.1) is 0 Å². The zero-order chi connectivity index (χ0) is 31.1. The molecule has 0 aliphatic carbocycles. The number of hydrogen-bond acceptors (Lipinski definition) is 9. The molecule has 5 unspecified atom stereocenters. The zero-order valence-corrected chi connectivity index (χ0v) is 25.7. The quantitative estimate of drug-likeness (QED) is 0.390. The van der Waals surface area contributed by atoms with E-state index in [1.165, 1.54) is 13.8 Å². The van der Waals surface area contributed by atoms with Crippen molar-refractivity contribution in [2.45, 2.75) is 103 Å². The molecule has 0 spiro atoms. The molecule has 2 N–H and O–H groups in total. The Morgan fingerprint density at radius 3 is 2.30 bits per heavy atom. The highest BCUT2D eigenvalue weighted by atomic mass is 16.7. The first-order valence-corrected chi connectivity index (χ1v) is 14.9. The highest BCUT2D eigenvalue weighted by molar-refractivity contribution is 5.82. The Balaban J connectivity index is 1.47. The van der Waals surface area contributed by atoms with Crippen LogP contribution in [0.25, 0.3) is 0 Å². The first kappa shape index (κ1) is 32.6. The molecule has 10 nitrogen and oxygen atoms in total. The summed E-state index contributed by atoms with van der Waals surface area (Å²) in [6.07, 6.45) is 0.317. The van der Waals surface area contributed by atoms with Gasteiger partial charge in [0, 0.05) is 32.0 Å². The third-order valence-corrected chi connectivity index (χ3v) is 7.53. The second-order valence-electron chi connectivity index (χ2n) is 12.2. The molecule has 2 fully saturated rings. The maximum Gasteiger partial charge on any atom is 0.323 e. The Labute approximate surface area is 253 Å². The molecular formula is C33H44N2O8. The minimum absolute atomic E-state index is 0.0311. The van der Waals surface area contributed by atoms with Gasteiger partial charge in [0.25, 0.3) is 5.91 Å². The largest absolute Gasteiger partial charge is 0.459 e. The van der Waals surface area contributed by atoms with Crippen molar-refractivity contribution in [3.05, 3.63) is 70.8 Å². The van der Waals surface area contributed by atoms with Gasteiger partial charge in [0.2, 0.25) is 0 Å². The molecule has 2 aromatic rings. The van der Waals surface area contributed by atoms with Crippen LogP contribution in [0.5, 0.6) is 0 Å². The van der Waals surface area contributed by atoms with Gasteiger partial charge in [-0.05, 0) is 63.8 Å². The number of carbonyl (C=O) groups excluding carboxylic acids is 3. The minimum Gasteiger partial charge on any atom is -0.459 e. The summed E-state index contributed by atoms with van der Waals surface area (Å²) < 4.78 is 23.6. The summed E-state index contributed by atoms with van der Waals surface area (Å²) in [5.41, 5.74) is 2.96. The highest BCUT2D eigenvalue weighted by Crippen LogP contribution is 2.39. The van der Waals surface area contributed by atoms with Crippen LogP contribution in [-0.4, -0.2) is 64.8 Å². The van der Waals surface area contributed by atoms with Crippen LogP contribution >= 0.6 is 0 Å². The number of aliphatic hydroxyl groups excluding tert-OH is 1. The molecule has 1 amide bonds. The van der Waals surface area contributed by atoms with Crippen LogP contribution in [0.2, 0.25) is 0 Å². The predicted molar refractivity (Wildman–Crippen MR) is 158 cm³/mol. The Morgan fingerprint density at radius 1 is 1.02 bits per heavy atom. The third-order valence-electron chi connectivity index (χ3n) is 7.53. The number of nitrogens with zero attached hydrogens (tertiary/aromatic N) is 1. The Hall–Kier alpha value is -3.31. The maximum atomic E-state index is 13.0. The van der Waals surface area contributed by atoms with Crippen molar-refractivity contribution in [2.24, 2.45) is 0 Å². The standard InChI is InChI=1S/C33H44N2O8/c1-21(40-22(2)37)30(38)34-18-23-8-14-26(15-9-23)32-41-27(17-29(42-32)25-12-10-24(20-36)11-13-25)19-35-16-6-7-28(35)31(39)43-33(3,4)5/h8-15,21,27-29,32,36H,6-7,16-20H2,1-5H3,(H,34,38). The van der Waals surface area contributed by atoms with Crippen molar-refractivity contribution >= 4 is 17.8 Å².